The number of benzene rings is 4. The Balaban J connectivity index is 1.90. The molecule has 0 saturated carbocycles. The van der Waals surface area contributed by atoms with Crippen molar-refractivity contribution >= 4 is 69.6 Å². The van der Waals surface area contributed by atoms with E-state index in [-0.39, 0.29) is 10.9 Å². The van der Waals surface area contributed by atoms with Gasteiger partial charge in [-0.2, -0.15) is 0 Å². The number of aromatic nitrogens is 1. The third-order valence-corrected chi connectivity index (χ3v) is 7.25. The van der Waals surface area contributed by atoms with Gasteiger partial charge in [-0.3, -0.25) is 9.59 Å². The highest BCUT2D eigenvalue weighted by Gasteiger charge is 2.18. The number of hydrogen-bond acceptors (Lipinski definition) is 3. The van der Waals surface area contributed by atoms with Crippen LogP contribution in [0.15, 0.2) is 88.5 Å². The molecule has 0 aliphatic heterocycles. The minimum atomic E-state index is -0.0305. The molecule has 7 aromatic rings. The number of fused-ring (bicyclic) bond motifs is 7. The predicted molar refractivity (Wildman–Crippen MR) is 127 cm³/mol. The summed E-state index contributed by atoms with van der Waals surface area (Å²) < 4.78 is 4.41. The molecule has 30 heavy (non-hydrogen) atoms. The van der Waals surface area contributed by atoms with Gasteiger partial charge in [-0.25, -0.2) is 0 Å². The summed E-state index contributed by atoms with van der Waals surface area (Å²) in [7, 11) is 0. The summed E-state index contributed by atoms with van der Waals surface area (Å²) in [5.41, 5.74) is 2.32. The number of nitrogens with zero attached hydrogens (tertiary/aromatic N) is 1. The van der Waals surface area contributed by atoms with E-state index in [4.69, 9.17) is 0 Å². The van der Waals surface area contributed by atoms with Crippen LogP contribution in [0.2, 0.25) is 0 Å². The summed E-state index contributed by atoms with van der Waals surface area (Å²) in [5.74, 6) is 0. The van der Waals surface area contributed by atoms with Crippen LogP contribution in [0, 0.1) is 0 Å². The van der Waals surface area contributed by atoms with Gasteiger partial charge in [-0.1, -0.05) is 36.4 Å². The number of pyridine rings is 2. The molecule has 3 aromatic heterocycles. The van der Waals surface area contributed by atoms with Crippen molar-refractivity contribution in [3.63, 3.8) is 0 Å². The molecule has 140 valence electrons. The quantitative estimate of drug-likeness (QED) is 0.233. The van der Waals surface area contributed by atoms with Gasteiger partial charge >= 0.3 is 0 Å². The van der Waals surface area contributed by atoms with Crippen molar-refractivity contribution in [1.29, 1.82) is 0 Å². The summed E-state index contributed by atoms with van der Waals surface area (Å²) in [6, 6.07) is 25.6. The molecule has 4 aromatic carbocycles. The van der Waals surface area contributed by atoms with E-state index in [0.717, 1.165) is 21.1 Å². The number of hydrogen-bond donors (Lipinski definition) is 0. The lowest BCUT2D eigenvalue weighted by atomic mass is 10.0. The van der Waals surface area contributed by atoms with Gasteiger partial charge in [-0.15, -0.1) is 11.3 Å². The molecule has 0 radical (unpaired) electrons. The van der Waals surface area contributed by atoms with Crippen LogP contribution >= 0.6 is 11.3 Å². The number of thiophene rings is 1. The second-order valence-electron chi connectivity index (χ2n) is 7.68. The van der Waals surface area contributed by atoms with E-state index in [2.05, 4.69) is 22.6 Å². The maximum atomic E-state index is 13.5. The van der Waals surface area contributed by atoms with Crippen LogP contribution in [-0.2, 0) is 0 Å². The van der Waals surface area contributed by atoms with Gasteiger partial charge in [0.15, 0.2) is 10.9 Å². The fraction of sp³-hybridized carbons (Fsp3) is 0. The Morgan fingerprint density at radius 3 is 2.03 bits per heavy atom. The van der Waals surface area contributed by atoms with Crippen LogP contribution in [0.3, 0.4) is 0 Å². The third kappa shape index (κ3) is 1.84. The molecule has 0 atom stereocenters. The molecular formula is C26H13NO2S. The van der Waals surface area contributed by atoms with Crippen LogP contribution in [0.25, 0.3) is 58.3 Å². The van der Waals surface area contributed by atoms with E-state index in [1.54, 1.807) is 17.4 Å². The maximum Gasteiger partial charge on any atom is 0.197 e. The SMILES string of the molecule is O=c1c2ccccc2n2c3cc4c(cc3c(=O)c3cccc1c32)sc1ccccc14. The van der Waals surface area contributed by atoms with E-state index >= 15 is 0 Å². The van der Waals surface area contributed by atoms with E-state index < -0.39 is 0 Å². The summed E-state index contributed by atoms with van der Waals surface area (Å²) in [6.07, 6.45) is 0. The zero-order chi connectivity index (χ0) is 20.0. The highest BCUT2D eigenvalue weighted by atomic mass is 32.1. The first-order chi connectivity index (χ1) is 14.7. The van der Waals surface area contributed by atoms with Gasteiger partial charge in [-0.05, 0) is 42.5 Å². The fourth-order valence-electron chi connectivity index (χ4n) is 4.80. The van der Waals surface area contributed by atoms with Crippen molar-refractivity contribution in [3.8, 4) is 0 Å². The molecule has 3 heterocycles. The smallest absolute Gasteiger partial charge is 0.197 e. The van der Waals surface area contributed by atoms with Crippen LogP contribution in [0.5, 0.6) is 0 Å². The Hall–Kier alpha value is -3.76. The largest absolute Gasteiger partial charge is 0.307 e. The predicted octanol–water partition coefficient (Wildman–Crippen LogP) is 5.93. The molecule has 0 N–H and O–H groups in total. The fourth-order valence-corrected chi connectivity index (χ4v) is 5.93. The monoisotopic (exact) mass is 403 g/mol. The van der Waals surface area contributed by atoms with Crippen LogP contribution < -0.4 is 10.9 Å². The maximum absolute atomic E-state index is 13.5. The zero-order valence-electron chi connectivity index (χ0n) is 15.7. The number of para-hydroxylation sites is 2. The molecule has 0 bridgehead atoms. The molecule has 4 heteroatoms. The third-order valence-electron chi connectivity index (χ3n) is 6.12. The molecule has 7 rings (SSSR count). The van der Waals surface area contributed by atoms with E-state index in [1.165, 1.54) is 10.1 Å². The van der Waals surface area contributed by atoms with Crippen molar-refractivity contribution in [2.24, 2.45) is 0 Å². The highest BCUT2D eigenvalue weighted by molar-refractivity contribution is 7.25. The van der Waals surface area contributed by atoms with Crippen LogP contribution in [0.4, 0.5) is 0 Å². The molecule has 0 amide bonds. The van der Waals surface area contributed by atoms with Gasteiger partial charge in [0.1, 0.15) is 0 Å². The summed E-state index contributed by atoms with van der Waals surface area (Å²) in [6.45, 7) is 0. The summed E-state index contributed by atoms with van der Waals surface area (Å²) in [5, 5.41) is 4.84. The molecule has 0 aliphatic carbocycles. The summed E-state index contributed by atoms with van der Waals surface area (Å²) >= 11 is 1.70. The van der Waals surface area contributed by atoms with E-state index in [1.807, 2.05) is 54.6 Å². The average molecular weight is 403 g/mol. The summed E-state index contributed by atoms with van der Waals surface area (Å²) in [4.78, 5) is 26.7. The lowest BCUT2D eigenvalue weighted by Gasteiger charge is -2.14. The van der Waals surface area contributed by atoms with Crippen LogP contribution in [0.1, 0.15) is 0 Å². The van der Waals surface area contributed by atoms with Gasteiger partial charge < -0.3 is 4.40 Å². The van der Waals surface area contributed by atoms with E-state index in [0.29, 0.717) is 27.1 Å². The topological polar surface area (TPSA) is 38.5 Å². The van der Waals surface area contributed by atoms with Gasteiger partial charge in [0.2, 0.25) is 0 Å². The standard InChI is InChI=1S/C26H13NO2S/c28-25-15-7-1-3-10-20(15)27-21-12-18-14-6-2-4-11-22(14)30-23(18)13-19(21)26(29)17-9-5-8-16(25)24(17)27/h1-13H. The van der Waals surface area contributed by atoms with Crippen molar-refractivity contribution in [2.75, 3.05) is 0 Å². The van der Waals surface area contributed by atoms with Crippen molar-refractivity contribution in [2.45, 2.75) is 0 Å². The molecule has 0 saturated heterocycles. The van der Waals surface area contributed by atoms with Crippen molar-refractivity contribution < 1.29 is 0 Å². The minimum absolute atomic E-state index is 0.0235. The first-order valence-corrected chi connectivity index (χ1v) is 10.6. The van der Waals surface area contributed by atoms with E-state index in [9.17, 15) is 9.59 Å². The highest BCUT2D eigenvalue weighted by Crippen LogP contribution is 2.37. The molecule has 0 spiro atoms. The zero-order valence-corrected chi connectivity index (χ0v) is 16.5. The first-order valence-electron chi connectivity index (χ1n) is 9.79. The Labute approximate surface area is 173 Å². The normalized spacial score (nSPS) is 12.3. The van der Waals surface area contributed by atoms with Crippen LogP contribution in [-0.4, -0.2) is 4.40 Å². The van der Waals surface area contributed by atoms with Gasteiger partial charge in [0.25, 0.3) is 0 Å². The Morgan fingerprint density at radius 1 is 0.533 bits per heavy atom. The lowest BCUT2D eigenvalue weighted by Crippen LogP contribution is -2.13. The Bertz CT molecular complexity index is 1950. The molecule has 0 aliphatic rings. The van der Waals surface area contributed by atoms with Crippen molar-refractivity contribution in [1.82, 2.24) is 4.40 Å². The Morgan fingerprint density at radius 2 is 1.20 bits per heavy atom. The molecule has 0 unspecified atom stereocenters. The second-order valence-corrected chi connectivity index (χ2v) is 8.76. The van der Waals surface area contributed by atoms with Gasteiger partial charge in [0.05, 0.1) is 16.6 Å². The Kier molecular flexibility index (Phi) is 2.91. The number of rotatable bonds is 0. The molecule has 0 fully saturated rings. The molecular weight excluding hydrogens is 390 g/mol. The van der Waals surface area contributed by atoms with Crippen molar-refractivity contribution in [3.05, 3.63) is 99.3 Å². The first kappa shape index (κ1) is 16.1. The second kappa shape index (κ2) is 5.43. The average Bonchev–Trinajstić information content (AvgIpc) is 3.15. The molecule has 3 nitrogen and oxygen atoms in total. The lowest BCUT2D eigenvalue weighted by molar-refractivity contribution is 1.31. The van der Waals surface area contributed by atoms with Gasteiger partial charge in [0, 0.05) is 41.7 Å². The minimum Gasteiger partial charge on any atom is -0.307 e.